The van der Waals surface area contributed by atoms with Gasteiger partial charge in [-0.2, -0.15) is 0 Å². The molecule has 2 heterocycles. The summed E-state index contributed by atoms with van der Waals surface area (Å²) in [6.07, 6.45) is 0. The Hall–Kier alpha value is -5.87. The van der Waals surface area contributed by atoms with Crippen molar-refractivity contribution in [1.29, 1.82) is 0 Å². The highest BCUT2D eigenvalue weighted by Crippen LogP contribution is 2.37. The fourth-order valence-electron chi connectivity index (χ4n) is 5.61. The molecule has 0 unspecified atom stereocenters. The van der Waals surface area contributed by atoms with Gasteiger partial charge in [0.05, 0.1) is 0 Å². The number of fused-ring (bicyclic) bond motifs is 3. The minimum atomic E-state index is 0.613. The molecule has 0 spiro atoms. The minimum Gasteiger partial charge on any atom is -0.456 e. The van der Waals surface area contributed by atoms with E-state index in [1.807, 2.05) is 72.8 Å². The second kappa shape index (κ2) is 10.5. The summed E-state index contributed by atoms with van der Waals surface area (Å²) in [6, 6.07) is 51.7. The van der Waals surface area contributed by atoms with Crippen LogP contribution >= 0.6 is 0 Å². The second-order valence-electron chi connectivity index (χ2n) is 10.5. The monoisotopic (exact) mass is 551 g/mol. The first-order chi connectivity index (χ1) is 21.3. The summed E-state index contributed by atoms with van der Waals surface area (Å²) < 4.78 is 6.09. The summed E-state index contributed by atoms with van der Waals surface area (Å²) in [4.78, 5) is 15.1. The SMILES string of the molecule is c1ccc(-c2ccc(-c3nc(-c4ccccc4)nc(-c4ccc5oc6ccccc6c5c4)n3)c(-c3ccccc3)c2)cc1. The first-order valence-electron chi connectivity index (χ1n) is 14.3. The van der Waals surface area contributed by atoms with E-state index < -0.39 is 0 Å². The Bertz CT molecular complexity index is 2220. The Morgan fingerprint density at radius 3 is 1.63 bits per heavy atom. The molecule has 0 fully saturated rings. The lowest BCUT2D eigenvalue weighted by Gasteiger charge is -2.14. The van der Waals surface area contributed by atoms with Crippen LogP contribution in [-0.2, 0) is 0 Å². The number of para-hydroxylation sites is 1. The maximum absolute atomic E-state index is 6.09. The number of nitrogens with zero attached hydrogens (tertiary/aromatic N) is 3. The molecule has 202 valence electrons. The number of aromatic nitrogens is 3. The van der Waals surface area contributed by atoms with E-state index in [1.54, 1.807) is 0 Å². The molecule has 0 aliphatic rings. The number of rotatable bonds is 5. The zero-order chi connectivity index (χ0) is 28.6. The fraction of sp³-hybridized carbons (Fsp3) is 0. The average Bonchev–Trinajstić information content (AvgIpc) is 3.47. The maximum Gasteiger partial charge on any atom is 0.164 e. The molecular formula is C39H25N3O. The van der Waals surface area contributed by atoms with E-state index >= 15 is 0 Å². The van der Waals surface area contributed by atoms with Gasteiger partial charge < -0.3 is 4.42 Å². The van der Waals surface area contributed by atoms with Crippen LogP contribution in [0.2, 0.25) is 0 Å². The third-order valence-electron chi connectivity index (χ3n) is 7.75. The van der Waals surface area contributed by atoms with Crippen LogP contribution in [-0.4, -0.2) is 15.0 Å². The van der Waals surface area contributed by atoms with Crippen molar-refractivity contribution in [3.05, 3.63) is 152 Å². The number of furan rings is 1. The smallest absolute Gasteiger partial charge is 0.164 e. The highest BCUT2D eigenvalue weighted by molar-refractivity contribution is 6.06. The number of hydrogen-bond donors (Lipinski definition) is 0. The van der Waals surface area contributed by atoms with Gasteiger partial charge in [0, 0.05) is 27.5 Å². The van der Waals surface area contributed by atoms with Crippen LogP contribution in [0.3, 0.4) is 0 Å². The molecule has 0 aliphatic carbocycles. The normalized spacial score (nSPS) is 11.3. The van der Waals surface area contributed by atoms with Gasteiger partial charge in [-0.05, 0) is 58.7 Å². The van der Waals surface area contributed by atoms with E-state index in [9.17, 15) is 0 Å². The maximum atomic E-state index is 6.09. The summed E-state index contributed by atoms with van der Waals surface area (Å²) in [5.74, 6) is 1.87. The largest absolute Gasteiger partial charge is 0.456 e. The Balaban J connectivity index is 1.36. The molecule has 4 heteroatoms. The van der Waals surface area contributed by atoms with Crippen molar-refractivity contribution in [3.8, 4) is 56.4 Å². The molecule has 43 heavy (non-hydrogen) atoms. The van der Waals surface area contributed by atoms with Gasteiger partial charge in [-0.3, -0.25) is 0 Å². The summed E-state index contributed by atoms with van der Waals surface area (Å²) >= 11 is 0. The van der Waals surface area contributed by atoms with Crippen molar-refractivity contribution in [3.63, 3.8) is 0 Å². The van der Waals surface area contributed by atoms with E-state index in [0.29, 0.717) is 17.5 Å². The van der Waals surface area contributed by atoms with E-state index in [-0.39, 0.29) is 0 Å². The van der Waals surface area contributed by atoms with Gasteiger partial charge >= 0.3 is 0 Å². The Morgan fingerprint density at radius 2 is 0.884 bits per heavy atom. The van der Waals surface area contributed by atoms with Gasteiger partial charge in [0.15, 0.2) is 17.5 Å². The fourth-order valence-corrected chi connectivity index (χ4v) is 5.61. The quantitative estimate of drug-likeness (QED) is 0.214. The third-order valence-corrected chi connectivity index (χ3v) is 7.75. The third kappa shape index (κ3) is 4.65. The lowest BCUT2D eigenvalue weighted by molar-refractivity contribution is 0.669. The number of benzene rings is 6. The summed E-state index contributed by atoms with van der Waals surface area (Å²) in [6.45, 7) is 0. The molecule has 0 bridgehead atoms. The molecule has 8 rings (SSSR count). The van der Waals surface area contributed by atoms with Crippen LogP contribution < -0.4 is 0 Å². The second-order valence-corrected chi connectivity index (χ2v) is 10.5. The van der Waals surface area contributed by atoms with Crippen molar-refractivity contribution in [1.82, 2.24) is 15.0 Å². The first kappa shape index (κ1) is 24.9. The highest BCUT2D eigenvalue weighted by atomic mass is 16.3. The molecule has 0 N–H and O–H groups in total. The Labute approximate surface area is 249 Å². The van der Waals surface area contributed by atoms with Gasteiger partial charge in [-0.15, -0.1) is 0 Å². The standard InChI is InChI=1S/C39H25N3O/c1-4-12-26(13-5-1)29-20-22-32(33(24-29)27-14-6-2-7-15-27)39-41-37(28-16-8-3-9-17-28)40-38(42-39)30-21-23-36-34(25-30)31-18-10-11-19-35(31)43-36/h1-25H. The van der Waals surface area contributed by atoms with Crippen LogP contribution in [0.1, 0.15) is 0 Å². The topological polar surface area (TPSA) is 51.8 Å². The predicted molar refractivity (Wildman–Crippen MR) is 174 cm³/mol. The first-order valence-corrected chi connectivity index (χ1v) is 14.3. The molecule has 0 radical (unpaired) electrons. The van der Waals surface area contributed by atoms with E-state index in [1.165, 1.54) is 0 Å². The zero-order valence-electron chi connectivity index (χ0n) is 23.2. The van der Waals surface area contributed by atoms with Crippen LogP contribution in [0, 0.1) is 0 Å². The van der Waals surface area contributed by atoms with Gasteiger partial charge in [0.1, 0.15) is 11.2 Å². The lowest BCUT2D eigenvalue weighted by Crippen LogP contribution is -2.01. The summed E-state index contributed by atoms with van der Waals surface area (Å²) in [7, 11) is 0. The molecule has 0 saturated heterocycles. The average molecular weight is 552 g/mol. The van der Waals surface area contributed by atoms with E-state index in [0.717, 1.165) is 60.9 Å². The minimum absolute atomic E-state index is 0.613. The van der Waals surface area contributed by atoms with E-state index in [4.69, 9.17) is 19.4 Å². The lowest BCUT2D eigenvalue weighted by atomic mass is 9.94. The van der Waals surface area contributed by atoms with Crippen LogP contribution in [0.25, 0.3) is 78.4 Å². The molecule has 2 aromatic heterocycles. The molecular weight excluding hydrogens is 526 g/mol. The van der Waals surface area contributed by atoms with Crippen molar-refractivity contribution in [2.24, 2.45) is 0 Å². The molecule has 0 amide bonds. The Morgan fingerprint density at radius 1 is 0.326 bits per heavy atom. The van der Waals surface area contributed by atoms with Gasteiger partial charge in [-0.1, -0.05) is 115 Å². The van der Waals surface area contributed by atoms with Gasteiger partial charge in [0.25, 0.3) is 0 Å². The molecule has 0 atom stereocenters. The van der Waals surface area contributed by atoms with Crippen molar-refractivity contribution >= 4 is 21.9 Å². The molecule has 4 nitrogen and oxygen atoms in total. The van der Waals surface area contributed by atoms with Crippen LogP contribution in [0.15, 0.2) is 156 Å². The van der Waals surface area contributed by atoms with E-state index in [2.05, 4.69) is 78.9 Å². The van der Waals surface area contributed by atoms with Crippen molar-refractivity contribution in [2.75, 3.05) is 0 Å². The van der Waals surface area contributed by atoms with Crippen molar-refractivity contribution < 1.29 is 4.42 Å². The van der Waals surface area contributed by atoms with Crippen LogP contribution in [0.5, 0.6) is 0 Å². The highest BCUT2D eigenvalue weighted by Gasteiger charge is 2.17. The van der Waals surface area contributed by atoms with Gasteiger partial charge in [-0.25, -0.2) is 15.0 Å². The summed E-state index contributed by atoms with van der Waals surface area (Å²) in [5.41, 5.74) is 8.95. The molecule has 0 saturated carbocycles. The van der Waals surface area contributed by atoms with Crippen molar-refractivity contribution in [2.45, 2.75) is 0 Å². The van der Waals surface area contributed by atoms with Crippen LogP contribution in [0.4, 0.5) is 0 Å². The van der Waals surface area contributed by atoms with Gasteiger partial charge in [0.2, 0.25) is 0 Å². The zero-order valence-corrected chi connectivity index (χ0v) is 23.2. The number of hydrogen-bond acceptors (Lipinski definition) is 4. The molecule has 0 aliphatic heterocycles. The Kier molecular flexibility index (Phi) is 6.08. The molecule has 6 aromatic carbocycles. The predicted octanol–water partition coefficient (Wildman–Crippen LogP) is 10.1. The molecule has 8 aromatic rings. The summed E-state index contributed by atoms with van der Waals surface area (Å²) in [5, 5.41) is 2.10.